The number of rotatable bonds is 2. The highest BCUT2D eigenvalue weighted by Crippen LogP contribution is 2.39. The van der Waals surface area contributed by atoms with Crippen LogP contribution in [-0.2, 0) is 10.3 Å². The summed E-state index contributed by atoms with van der Waals surface area (Å²) in [6, 6.07) is 4.89. The fourth-order valence-electron chi connectivity index (χ4n) is 2.84. The lowest BCUT2D eigenvalue weighted by molar-refractivity contribution is 0.0636. The number of aliphatic hydroxyl groups is 1. The maximum atomic E-state index is 11.8. The largest absolute Gasteiger partial charge is 0.508 e. The van der Waals surface area contributed by atoms with Crippen molar-refractivity contribution in [3.63, 3.8) is 0 Å². The second kappa shape index (κ2) is 6.37. The molecule has 0 heterocycles. The third-order valence-corrected chi connectivity index (χ3v) is 4.03. The number of anilines is 1. The molecule has 1 aromatic rings. The Hall–Kier alpha value is -1.79. The van der Waals surface area contributed by atoms with Crippen molar-refractivity contribution in [2.75, 3.05) is 5.32 Å². The summed E-state index contributed by atoms with van der Waals surface area (Å²) >= 11 is 0. The van der Waals surface area contributed by atoms with Gasteiger partial charge in [-0.05, 0) is 52.5 Å². The summed E-state index contributed by atoms with van der Waals surface area (Å²) in [5, 5.41) is 22.5. The predicted octanol–water partition coefficient (Wildman–Crippen LogP) is 2.83. The van der Waals surface area contributed by atoms with Crippen molar-refractivity contribution in [3.05, 3.63) is 23.8 Å². The number of nitrogens with one attached hydrogen (secondary N) is 1. The zero-order chi connectivity index (χ0) is 17.3. The zero-order valence-corrected chi connectivity index (χ0v) is 13.9. The molecule has 0 aromatic heterocycles. The van der Waals surface area contributed by atoms with Crippen molar-refractivity contribution < 1.29 is 19.7 Å². The van der Waals surface area contributed by atoms with E-state index in [9.17, 15) is 15.0 Å². The zero-order valence-electron chi connectivity index (χ0n) is 13.9. The van der Waals surface area contributed by atoms with Crippen LogP contribution in [0.15, 0.2) is 18.2 Å². The van der Waals surface area contributed by atoms with Crippen molar-refractivity contribution >= 4 is 11.8 Å². The minimum Gasteiger partial charge on any atom is -0.508 e. The SMILES string of the molecule is CC(C)(C)OC(=O)Nc1ccc(C2(N)CCC(O)CC2)c(O)c1. The van der Waals surface area contributed by atoms with E-state index in [1.165, 1.54) is 6.07 Å². The molecular weight excluding hydrogens is 296 g/mol. The molecule has 6 heteroatoms. The second-order valence-corrected chi connectivity index (χ2v) is 7.25. The summed E-state index contributed by atoms with van der Waals surface area (Å²) in [4.78, 5) is 11.8. The van der Waals surface area contributed by atoms with E-state index < -0.39 is 17.2 Å². The Bertz CT molecular complexity index is 572. The molecule has 0 radical (unpaired) electrons. The highest BCUT2D eigenvalue weighted by Gasteiger charge is 2.34. The first-order valence-corrected chi connectivity index (χ1v) is 7.89. The fourth-order valence-corrected chi connectivity index (χ4v) is 2.84. The number of nitrogens with two attached hydrogens (primary N) is 1. The van der Waals surface area contributed by atoms with Gasteiger partial charge in [-0.2, -0.15) is 0 Å². The Morgan fingerprint density at radius 2 is 1.96 bits per heavy atom. The molecule has 1 aliphatic carbocycles. The van der Waals surface area contributed by atoms with Gasteiger partial charge in [-0.15, -0.1) is 0 Å². The van der Waals surface area contributed by atoms with Crippen LogP contribution < -0.4 is 11.1 Å². The Kier molecular flexibility index (Phi) is 4.87. The van der Waals surface area contributed by atoms with Crippen LogP contribution in [0.3, 0.4) is 0 Å². The van der Waals surface area contributed by atoms with Crippen LogP contribution in [0.5, 0.6) is 5.75 Å². The summed E-state index contributed by atoms with van der Waals surface area (Å²) in [5.41, 5.74) is 6.25. The van der Waals surface area contributed by atoms with E-state index in [1.807, 2.05) is 0 Å². The number of hydrogen-bond donors (Lipinski definition) is 4. The van der Waals surface area contributed by atoms with Crippen molar-refractivity contribution in [2.45, 2.75) is 63.7 Å². The van der Waals surface area contributed by atoms with Crippen molar-refractivity contribution in [1.29, 1.82) is 0 Å². The molecule has 0 saturated heterocycles. The lowest BCUT2D eigenvalue weighted by atomic mass is 9.76. The molecular formula is C17H26N2O4. The Balaban J connectivity index is 2.10. The minimum atomic E-state index is -0.645. The molecule has 1 amide bonds. The van der Waals surface area contributed by atoms with Gasteiger partial charge in [-0.3, -0.25) is 5.32 Å². The number of benzene rings is 1. The average Bonchev–Trinajstić information content (AvgIpc) is 2.40. The number of hydrogen-bond acceptors (Lipinski definition) is 5. The van der Waals surface area contributed by atoms with Crippen LogP contribution in [0, 0.1) is 0 Å². The van der Waals surface area contributed by atoms with Crippen molar-refractivity contribution in [2.24, 2.45) is 5.73 Å². The summed E-state index contributed by atoms with van der Waals surface area (Å²) < 4.78 is 5.18. The van der Waals surface area contributed by atoms with E-state index in [-0.39, 0.29) is 11.9 Å². The van der Waals surface area contributed by atoms with E-state index in [4.69, 9.17) is 10.5 Å². The maximum absolute atomic E-state index is 11.8. The van der Waals surface area contributed by atoms with Crippen molar-refractivity contribution in [3.8, 4) is 5.75 Å². The molecule has 0 spiro atoms. The fraction of sp³-hybridized carbons (Fsp3) is 0.588. The van der Waals surface area contributed by atoms with Crippen molar-refractivity contribution in [1.82, 2.24) is 0 Å². The van der Waals surface area contributed by atoms with Gasteiger partial charge in [0.2, 0.25) is 0 Å². The Labute approximate surface area is 136 Å². The normalized spacial score (nSPS) is 25.0. The topological polar surface area (TPSA) is 105 Å². The molecule has 1 fully saturated rings. The molecule has 1 aromatic carbocycles. The monoisotopic (exact) mass is 322 g/mol. The summed E-state index contributed by atoms with van der Waals surface area (Å²) in [5.74, 6) is 0.0393. The Morgan fingerprint density at radius 3 is 2.48 bits per heavy atom. The molecule has 0 atom stereocenters. The van der Waals surface area contributed by atoms with Crippen LogP contribution in [0.2, 0.25) is 0 Å². The number of carbonyl (C=O) groups excluding carboxylic acids is 1. The molecule has 6 nitrogen and oxygen atoms in total. The van der Waals surface area contributed by atoms with Gasteiger partial charge in [-0.25, -0.2) is 4.79 Å². The first kappa shape index (κ1) is 17.6. The number of phenolic OH excluding ortho intramolecular Hbond substituents is 1. The van der Waals surface area contributed by atoms with E-state index >= 15 is 0 Å². The molecule has 128 valence electrons. The molecule has 1 aliphatic rings. The van der Waals surface area contributed by atoms with Gasteiger partial charge in [0.25, 0.3) is 0 Å². The highest BCUT2D eigenvalue weighted by atomic mass is 16.6. The van der Waals surface area contributed by atoms with Crippen LogP contribution in [0.1, 0.15) is 52.0 Å². The summed E-state index contributed by atoms with van der Waals surface area (Å²) in [6.45, 7) is 5.34. The average molecular weight is 322 g/mol. The van der Waals surface area contributed by atoms with E-state index in [2.05, 4.69) is 5.32 Å². The molecule has 0 aliphatic heterocycles. The standard InChI is InChI=1S/C17H26N2O4/c1-16(2,3)23-15(22)19-11-4-5-13(14(21)10-11)17(18)8-6-12(20)7-9-17/h4-5,10,12,20-21H,6-9,18H2,1-3H3,(H,19,22). The van der Waals surface area contributed by atoms with Gasteiger partial charge < -0.3 is 20.7 Å². The van der Waals surface area contributed by atoms with Gasteiger partial charge in [-0.1, -0.05) is 6.07 Å². The highest BCUT2D eigenvalue weighted by molar-refractivity contribution is 5.85. The van der Waals surface area contributed by atoms with Crippen LogP contribution in [0.25, 0.3) is 0 Å². The van der Waals surface area contributed by atoms with E-state index in [1.54, 1.807) is 32.9 Å². The number of ether oxygens (including phenoxy) is 1. The van der Waals surface area contributed by atoms with Gasteiger partial charge in [0.05, 0.1) is 6.10 Å². The molecule has 0 unspecified atom stereocenters. The van der Waals surface area contributed by atoms with Gasteiger partial charge >= 0.3 is 6.09 Å². The number of aliphatic hydroxyl groups excluding tert-OH is 1. The molecule has 2 rings (SSSR count). The lowest BCUT2D eigenvalue weighted by Crippen LogP contribution is -2.41. The third-order valence-electron chi connectivity index (χ3n) is 4.03. The minimum absolute atomic E-state index is 0.0393. The number of amides is 1. The first-order valence-electron chi connectivity index (χ1n) is 7.89. The smallest absolute Gasteiger partial charge is 0.412 e. The summed E-state index contributed by atoms with van der Waals surface area (Å²) in [6.07, 6.45) is 1.57. The van der Waals surface area contributed by atoms with Crippen LogP contribution in [0.4, 0.5) is 10.5 Å². The van der Waals surface area contributed by atoms with Crippen LogP contribution in [-0.4, -0.2) is 28.0 Å². The third kappa shape index (κ3) is 4.59. The van der Waals surface area contributed by atoms with Gasteiger partial charge in [0.15, 0.2) is 0 Å². The first-order chi connectivity index (χ1) is 10.6. The number of aromatic hydroxyl groups is 1. The molecule has 5 N–H and O–H groups in total. The quantitative estimate of drug-likeness (QED) is 0.670. The van der Waals surface area contributed by atoms with Gasteiger partial charge in [0.1, 0.15) is 11.4 Å². The maximum Gasteiger partial charge on any atom is 0.412 e. The molecule has 23 heavy (non-hydrogen) atoms. The number of carbonyl (C=O) groups is 1. The molecule has 1 saturated carbocycles. The molecule has 0 bridgehead atoms. The predicted molar refractivity (Wildman–Crippen MR) is 88.3 cm³/mol. The summed E-state index contributed by atoms with van der Waals surface area (Å²) in [7, 11) is 0. The Morgan fingerprint density at radius 1 is 1.35 bits per heavy atom. The second-order valence-electron chi connectivity index (χ2n) is 7.25. The van der Waals surface area contributed by atoms with Crippen LogP contribution >= 0.6 is 0 Å². The number of phenols is 1. The van der Waals surface area contributed by atoms with E-state index in [0.717, 1.165) is 0 Å². The van der Waals surface area contributed by atoms with E-state index in [0.29, 0.717) is 36.9 Å². The lowest BCUT2D eigenvalue weighted by Gasteiger charge is -2.36. The van der Waals surface area contributed by atoms with Gasteiger partial charge in [0, 0.05) is 22.9 Å².